The van der Waals surface area contributed by atoms with Gasteiger partial charge >= 0.3 is 0 Å². The van der Waals surface area contributed by atoms with Crippen LogP contribution in [0.2, 0.25) is 0 Å². The van der Waals surface area contributed by atoms with Crippen LogP contribution in [0, 0.1) is 13.8 Å². The van der Waals surface area contributed by atoms with Crippen LogP contribution >= 0.6 is 0 Å². The molecular weight excluding hydrogens is 362 g/mol. The van der Waals surface area contributed by atoms with E-state index in [-0.39, 0.29) is 12.4 Å². The smallest absolute Gasteiger partial charge is 0.160 e. The van der Waals surface area contributed by atoms with Crippen molar-refractivity contribution in [3.05, 3.63) is 82.9 Å². The maximum Gasteiger partial charge on any atom is 0.160 e. The van der Waals surface area contributed by atoms with Gasteiger partial charge < -0.3 is 19.9 Å². The highest BCUT2D eigenvalue weighted by atomic mass is 16.7. The molecule has 1 aliphatic rings. The molecule has 0 radical (unpaired) electrons. The van der Waals surface area contributed by atoms with E-state index >= 15 is 0 Å². The maximum atomic E-state index is 6.83. The zero-order valence-electron chi connectivity index (χ0n) is 17.8. The summed E-state index contributed by atoms with van der Waals surface area (Å²) in [4.78, 5) is 0. The van der Waals surface area contributed by atoms with E-state index in [4.69, 9.17) is 19.9 Å². The topological polar surface area (TPSA) is 53.7 Å². The summed E-state index contributed by atoms with van der Waals surface area (Å²) in [5.74, 6) is 0. The third-order valence-electron chi connectivity index (χ3n) is 5.24. The molecule has 0 bridgehead atoms. The van der Waals surface area contributed by atoms with Gasteiger partial charge in [0.2, 0.25) is 0 Å². The summed E-state index contributed by atoms with van der Waals surface area (Å²) in [6, 6.07) is 16.6. The SMILES string of the molecule is Cc1cc(C)cc([C@@H](C)OC[C@](N)(/C=C\CC2OCCCO2)c2ccccc2)c1. The van der Waals surface area contributed by atoms with Crippen LogP contribution in [-0.4, -0.2) is 26.1 Å². The first-order valence-electron chi connectivity index (χ1n) is 10.4. The number of benzene rings is 2. The van der Waals surface area contributed by atoms with Crippen LogP contribution < -0.4 is 5.73 Å². The van der Waals surface area contributed by atoms with Gasteiger partial charge in [-0.25, -0.2) is 0 Å². The fraction of sp³-hybridized carbons (Fsp3) is 0.440. The Labute approximate surface area is 174 Å². The molecule has 3 rings (SSSR count). The molecule has 0 saturated carbocycles. The first kappa shape index (κ1) is 21.7. The molecule has 1 saturated heterocycles. The fourth-order valence-electron chi connectivity index (χ4n) is 3.64. The van der Waals surface area contributed by atoms with Crippen LogP contribution in [0.4, 0.5) is 0 Å². The van der Waals surface area contributed by atoms with Gasteiger partial charge in [0.05, 0.1) is 31.5 Å². The van der Waals surface area contributed by atoms with E-state index in [9.17, 15) is 0 Å². The summed E-state index contributed by atoms with van der Waals surface area (Å²) in [5.41, 5.74) is 10.8. The zero-order chi connectivity index (χ0) is 20.7. The van der Waals surface area contributed by atoms with Gasteiger partial charge in [0, 0.05) is 6.42 Å². The van der Waals surface area contributed by atoms with Gasteiger partial charge in [0.15, 0.2) is 6.29 Å². The lowest BCUT2D eigenvalue weighted by molar-refractivity contribution is -0.175. The molecule has 29 heavy (non-hydrogen) atoms. The van der Waals surface area contributed by atoms with Crippen LogP contribution in [0.15, 0.2) is 60.7 Å². The van der Waals surface area contributed by atoms with Crippen LogP contribution in [-0.2, 0) is 19.7 Å². The molecule has 0 amide bonds. The molecule has 0 unspecified atom stereocenters. The molecule has 1 fully saturated rings. The molecule has 0 aromatic heterocycles. The highest BCUT2D eigenvalue weighted by Gasteiger charge is 2.26. The number of hydrogen-bond donors (Lipinski definition) is 1. The van der Waals surface area contributed by atoms with Crippen molar-refractivity contribution < 1.29 is 14.2 Å². The molecule has 0 spiro atoms. The van der Waals surface area contributed by atoms with Crippen LogP contribution in [0.5, 0.6) is 0 Å². The first-order valence-corrected chi connectivity index (χ1v) is 10.4. The summed E-state index contributed by atoms with van der Waals surface area (Å²) in [5, 5.41) is 0. The molecule has 0 aliphatic carbocycles. The summed E-state index contributed by atoms with van der Waals surface area (Å²) in [7, 11) is 0. The molecule has 4 heteroatoms. The lowest BCUT2D eigenvalue weighted by atomic mass is 9.91. The number of rotatable bonds is 8. The predicted molar refractivity (Wildman–Crippen MR) is 117 cm³/mol. The molecule has 2 aromatic rings. The third-order valence-corrected chi connectivity index (χ3v) is 5.24. The number of ether oxygens (including phenoxy) is 3. The highest BCUT2D eigenvalue weighted by molar-refractivity contribution is 5.31. The Bertz CT molecular complexity index is 779. The molecule has 1 aliphatic heterocycles. The third kappa shape index (κ3) is 6.25. The summed E-state index contributed by atoms with van der Waals surface area (Å²) < 4.78 is 17.5. The molecule has 1 heterocycles. The second-order valence-corrected chi connectivity index (χ2v) is 7.94. The van der Waals surface area contributed by atoms with Crippen molar-refractivity contribution in [1.82, 2.24) is 0 Å². The van der Waals surface area contributed by atoms with Gasteiger partial charge in [-0.2, -0.15) is 0 Å². The van der Waals surface area contributed by atoms with E-state index < -0.39 is 5.54 Å². The van der Waals surface area contributed by atoms with Crippen LogP contribution in [0.3, 0.4) is 0 Å². The van der Waals surface area contributed by atoms with Crippen molar-refractivity contribution in [3.8, 4) is 0 Å². The normalized spacial score (nSPS) is 18.6. The molecule has 156 valence electrons. The van der Waals surface area contributed by atoms with Gasteiger partial charge in [-0.05, 0) is 38.3 Å². The minimum atomic E-state index is -0.719. The van der Waals surface area contributed by atoms with Gasteiger partial charge in [0.1, 0.15) is 0 Å². The van der Waals surface area contributed by atoms with Gasteiger partial charge in [-0.15, -0.1) is 0 Å². The highest BCUT2D eigenvalue weighted by Crippen LogP contribution is 2.26. The van der Waals surface area contributed by atoms with Crippen molar-refractivity contribution in [3.63, 3.8) is 0 Å². The minimum absolute atomic E-state index is 0.0429. The first-order chi connectivity index (χ1) is 14.0. The van der Waals surface area contributed by atoms with Gasteiger partial charge in [-0.3, -0.25) is 0 Å². The standard InChI is InChI=1S/C25H33NO3/c1-19-15-20(2)17-22(16-19)21(3)29-18-25(26,23-9-5-4-6-10-23)12-7-11-24-27-13-8-14-28-24/h4-7,9-10,12,15-17,21,24H,8,11,13-14,18,26H2,1-3H3/b12-7-/t21-,25-/m1/s1. The average Bonchev–Trinajstić information content (AvgIpc) is 2.73. The second-order valence-electron chi connectivity index (χ2n) is 7.94. The zero-order valence-corrected chi connectivity index (χ0v) is 17.8. The monoisotopic (exact) mass is 395 g/mol. The van der Waals surface area contributed by atoms with E-state index in [0.717, 1.165) is 25.2 Å². The summed E-state index contributed by atoms with van der Waals surface area (Å²) in [6.07, 6.45) is 5.48. The Balaban J connectivity index is 1.71. The second kappa shape index (κ2) is 10.2. The lowest BCUT2D eigenvalue weighted by Crippen LogP contribution is -2.40. The maximum absolute atomic E-state index is 6.83. The van der Waals surface area contributed by atoms with Crippen molar-refractivity contribution in [2.75, 3.05) is 19.8 Å². The summed E-state index contributed by atoms with van der Waals surface area (Å²) in [6.45, 7) is 8.18. The molecule has 4 nitrogen and oxygen atoms in total. The van der Waals surface area contributed by atoms with Crippen molar-refractivity contribution in [2.24, 2.45) is 5.73 Å². The Morgan fingerprint density at radius 1 is 1.10 bits per heavy atom. The van der Waals surface area contributed by atoms with E-state index in [1.54, 1.807) is 0 Å². The van der Waals surface area contributed by atoms with Crippen LogP contribution in [0.25, 0.3) is 0 Å². The Kier molecular flexibility index (Phi) is 7.62. The predicted octanol–water partition coefficient (Wildman–Crippen LogP) is 4.94. The quantitative estimate of drug-likeness (QED) is 0.643. The molecule has 2 aromatic carbocycles. The molecular formula is C25H33NO3. The van der Waals surface area contributed by atoms with E-state index in [0.29, 0.717) is 13.0 Å². The van der Waals surface area contributed by atoms with Crippen molar-refractivity contribution in [1.29, 1.82) is 0 Å². The Morgan fingerprint density at radius 2 is 1.76 bits per heavy atom. The van der Waals surface area contributed by atoms with E-state index in [1.165, 1.54) is 16.7 Å². The van der Waals surface area contributed by atoms with Crippen molar-refractivity contribution >= 4 is 0 Å². The van der Waals surface area contributed by atoms with E-state index in [1.807, 2.05) is 42.5 Å². The lowest BCUT2D eigenvalue weighted by Gasteiger charge is -2.29. The van der Waals surface area contributed by atoms with Gasteiger partial charge in [-0.1, -0.05) is 71.8 Å². The molecule has 2 N–H and O–H groups in total. The van der Waals surface area contributed by atoms with E-state index in [2.05, 4.69) is 39.0 Å². The van der Waals surface area contributed by atoms with Crippen molar-refractivity contribution in [2.45, 2.75) is 51.5 Å². The van der Waals surface area contributed by atoms with Gasteiger partial charge in [0.25, 0.3) is 0 Å². The van der Waals surface area contributed by atoms with Crippen LogP contribution in [0.1, 0.15) is 48.1 Å². The number of aryl methyl sites for hydroxylation is 2. The largest absolute Gasteiger partial charge is 0.371 e. The minimum Gasteiger partial charge on any atom is -0.371 e. The summed E-state index contributed by atoms with van der Waals surface area (Å²) >= 11 is 0. The Morgan fingerprint density at radius 3 is 2.41 bits per heavy atom. The number of hydrogen-bond acceptors (Lipinski definition) is 4. The molecule has 2 atom stereocenters. The Hall–Kier alpha value is -1.98. The fourth-order valence-corrected chi connectivity index (χ4v) is 3.64. The average molecular weight is 396 g/mol. The number of nitrogens with two attached hydrogens (primary N) is 1.